The second kappa shape index (κ2) is 6.64. The molecule has 1 aliphatic carbocycles. The van der Waals surface area contributed by atoms with Gasteiger partial charge in [-0.15, -0.1) is 12.6 Å². The van der Waals surface area contributed by atoms with Gasteiger partial charge in [0.1, 0.15) is 0 Å². The Kier molecular flexibility index (Phi) is 5.13. The van der Waals surface area contributed by atoms with Crippen LogP contribution >= 0.6 is 24.2 Å². The number of hydrogen-bond acceptors (Lipinski definition) is 3. The average molecular weight is 300 g/mol. The summed E-state index contributed by atoms with van der Waals surface area (Å²) in [6, 6.07) is 5.08. The van der Waals surface area contributed by atoms with E-state index in [0.717, 1.165) is 25.7 Å². The average Bonchev–Trinajstić information content (AvgIpc) is 2.39. The van der Waals surface area contributed by atoms with E-state index in [2.05, 4.69) is 17.9 Å². The van der Waals surface area contributed by atoms with E-state index >= 15 is 0 Å². The van der Waals surface area contributed by atoms with Crippen molar-refractivity contribution in [1.29, 1.82) is 0 Å². The molecule has 1 fully saturated rings. The summed E-state index contributed by atoms with van der Waals surface area (Å²) < 4.78 is 0. The van der Waals surface area contributed by atoms with Crippen molar-refractivity contribution in [3.63, 3.8) is 0 Å². The molecule has 2 unspecified atom stereocenters. The highest BCUT2D eigenvalue weighted by Gasteiger charge is 2.21. The minimum absolute atomic E-state index is 0.180. The van der Waals surface area contributed by atoms with Crippen molar-refractivity contribution in [2.24, 2.45) is 5.92 Å². The Hall–Kier alpha value is -0.710. The fraction of sp³-hybridized carbons (Fsp3) is 0.500. The molecule has 0 spiro atoms. The van der Waals surface area contributed by atoms with Crippen LogP contribution in [0.1, 0.15) is 36.0 Å². The molecule has 2 N–H and O–H groups in total. The largest absolute Gasteiger partial charge is 0.393 e. The minimum Gasteiger partial charge on any atom is -0.393 e. The number of carbonyl (C=O) groups excluding carboxylic acids is 1. The summed E-state index contributed by atoms with van der Waals surface area (Å²) >= 11 is 10.2. The topological polar surface area (TPSA) is 49.3 Å². The van der Waals surface area contributed by atoms with Crippen molar-refractivity contribution in [3.05, 3.63) is 28.8 Å². The van der Waals surface area contributed by atoms with Crippen molar-refractivity contribution >= 4 is 30.1 Å². The minimum atomic E-state index is -0.222. The van der Waals surface area contributed by atoms with Crippen molar-refractivity contribution in [2.75, 3.05) is 6.54 Å². The van der Waals surface area contributed by atoms with Crippen LogP contribution in [-0.2, 0) is 0 Å². The van der Waals surface area contributed by atoms with E-state index in [1.165, 1.54) is 0 Å². The van der Waals surface area contributed by atoms with Crippen LogP contribution in [0.3, 0.4) is 0 Å². The standard InChI is InChI=1S/C14H18ClNO2S/c15-13-5-4-11(19)7-12(13)14(18)16-8-9-2-1-3-10(17)6-9/h4-5,7,9-10,17,19H,1-3,6,8H2,(H,16,18). The second-order valence-corrected chi connectivity index (χ2v) is 5.98. The fourth-order valence-electron chi connectivity index (χ4n) is 2.47. The molecule has 0 aromatic heterocycles. The van der Waals surface area contributed by atoms with Crippen molar-refractivity contribution < 1.29 is 9.90 Å². The molecule has 0 aliphatic heterocycles. The lowest BCUT2D eigenvalue weighted by Crippen LogP contribution is -2.33. The Morgan fingerprint density at radius 2 is 2.26 bits per heavy atom. The van der Waals surface area contributed by atoms with E-state index in [9.17, 15) is 9.90 Å². The van der Waals surface area contributed by atoms with Gasteiger partial charge in [-0.3, -0.25) is 4.79 Å². The summed E-state index contributed by atoms with van der Waals surface area (Å²) in [5, 5.41) is 12.9. The number of nitrogens with one attached hydrogen (secondary N) is 1. The van der Waals surface area contributed by atoms with Crippen molar-refractivity contribution in [2.45, 2.75) is 36.7 Å². The SMILES string of the molecule is O=C(NCC1CCCC(O)C1)c1cc(S)ccc1Cl. The number of rotatable bonds is 3. The molecule has 0 radical (unpaired) electrons. The van der Waals surface area contributed by atoms with Gasteiger partial charge in [0.05, 0.1) is 16.7 Å². The van der Waals surface area contributed by atoms with Crippen molar-refractivity contribution in [1.82, 2.24) is 5.32 Å². The molecule has 19 heavy (non-hydrogen) atoms. The van der Waals surface area contributed by atoms with Gasteiger partial charge < -0.3 is 10.4 Å². The summed E-state index contributed by atoms with van der Waals surface area (Å²) in [7, 11) is 0. The number of aliphatic hydroxyl groups excluding tert-OH is 1. The first-order chi connectivity index (χ1) is 9.06. The molecule has 2 rings (SSSR count). The van der Waals surface area contributed by atoms with Crippen LogP contribution in [0.5, 0.6) is 0 Å². The van der Waals surface area contributed by atoms with Gasteiger partial charge in [-0.2, -0.15) is 0 Å². The fourth-order valence-corrected chi connectivity index (χ4v) is 2.87. The molecule has 5 heteroatoms. The molecule has 1 amide bonds. The lowest BCUT2D eigenvalue weighted by atomic mass is 9.87. The monoisotopic (exact) mass is 299 g/mol. The lowest BCUT2D eigenvalue weighted by molar-refractivity contribution is 0.0873. The van der Waals surface area contributed by atoms with Crippen LogP contribution in [-0.4, -0.2) is 23.7 Å². The van der Waals surface area contributed by atoms with Gasteiger partial charge in [0, 0.05) is 11.4 Å². The van der Waals surface area contributed by atoms with Gasteiger partial charge in [-0.05, 0) is 43.4 Å². The molecule has 1 aromatic rings. The van der Waals surface area contributed by atoms with E-state index < -0.39 is 0 Å². The first-order valence-electron chi connectivity index (χ1n) is 6.51. The van der Waals surface area contributed by atoms with E-state index in [1.807, 2.05) is 0 Å². The molecule has 1 aliphatic rings. The summed E-state index contributed by atoms with van der Waals surface area (Å²) in [5.41, 5.74) is 0.450. The lowest BCUT2D eigenvalue weighted by Gasteiger charge is -2.25. The van der Waals surface area contributed by atoms with Crippen molar-refractivity contribution in [3.8, 4) is 0 Å². The molecule has 1 aromatic carbocycles. The maximum atomic E-state index is 12.0. The second-order valence-electron chi connectivity index (χ2n) is 5.06. The summed E-state index contributed by atoms with van der Waals surface area (Å²) in [5.74, 6) is 0.173. The van der Waals surface area contributed by atoms with Crippen LogP contribution in [0.15, 0.2) is 23.1 Å². The van der Waals surface area contributed by atoms with E-state index in [1.54, 1.807) is 18.2 Å². The highest BCUT2D eigenvalue weighted by Crippen LogP contribution is 2.24. The first-order valence-corrected chi connectivity index (χ1v) is 7.33. The Morgan fingerprint density at radius 1 is 1.47 bits per heavy atom. The number of halogens is 1. The zero-order valence-electron chi connectivity index (χ0n) is 10.6. The van der Waals surface area contributed by atoms with Crippen LogP contribution in [0.25, 0.3) is 0 Å². The van der Waals surface area contributed by atoms with Crippen LogP contribution in [0, 0.1) is 5.92 Å². The number of hydrogen-bond donors (Lipinski definition) is 3. The number of amides is 1. The Balaban J connectivity index is 1.92. The van der Waals surface area contributed by atoms with Gasteiger partial charge in [0.15, 0.2) is 0 Å². The number of aliphatic hydroxyl groups is 1. The highest BCUT2D eigenvalue weighted by molar-refractivity contribution is 7.80. The molecule has 0 bridgehead atoms. The van der Waals surface area contributed by atoms with Gasteiger partial charge in [-0.25, -0.2) is 0 Å². The zero-order chi connectivity index (χ0) is 13.8. The third kappa shape index (κ3) is 4.13. The normalized spacial score (nSPS) is 23.1. The first kappa shape index (κ1) is 14.7. The van der Waals surface area contributed by atoms with Gasteiger partial charge >= 0.3 is 0 Å². The number of carbonyl (C=O) groups is 1. The Labute approximate surface area is 123 Å². The third-order valence-corrected chi connectivity index (χ3v) is 4.11. The predicted octanol–water partition coefficient (Wildman–Crippen LogP) is 2.91. The molecule has 1 saturated carbocycles. The molecular formula is C14H18ClNO2S. The third-order valence-electron chi connectivity index (χ3n) is 3.50. The molecule has 0 heterocycles. The summed E-state index contributed by atoms with van der Waals surface area (Å²) in [4.78, 5) is 12.8. The number of thiol groups is 1. The van der Waals surface area contributed by atoms with Gasteiger partial charge in [0.25, 0.3) is 5.91 Å². The van der Waals surface area contributed by atoms with E-state index in [0.29, 0.717) is 27.9 Å². The Bertz CT molecular complexity index is 467. The predicted molar refractivity (Wildman–Crippen MR) is 79.0 cm³/mol. The van der Waals surface area contributed by atoms with E-state index in [-0.39, 0.29) is 12.0 Å². The summed E-state index contributed by atoms with van der Waals surface area (Å²) in [6.45, 7) is 0.586. The van der Waals surface area contributed by atoms with Crippen LogP contribution in [0.2, 0.25) is 5.02 Å². The molecule has 104 valence electrons. The van der Waals surface area contributed by atoms with Crippen LogP contribution in [0.4, 0.5) is 0 Å². The molecular weight excluding hydrogens is 282 g/mol. The van der Waals surface area contributed by atoms with Crippen LogP contribution < -0.4 is 5.32 Å². The maximum absolute atomic E-state index is 12.0. The Morgan fingerprint density at radius 3 is 3.00 bits per heavy atom. The summed E-state index contributed by atoms with van der Waals surface area (Å²) in [6.07, 6.45) is 3.49. The quantitative estimate of drug-likeness (QED) is 0.752. The zero-order valence-corrected chi connectivity index (χ0v) is 12.3. The molecule has 2 atom stereocenters. The van der Waals surface area contributed by atoms with Gasteiger partial charge in [0.2, 0.25) is 0 Å². The van der Waals surface area contributed by atoms with Gasteiger partial charge in [-0.1, -0.05) is 18.0 Å². The number of benzene rings is 1. The smallest absolute Gasteiger partial charge is 0.252 e. The molecule has 3 nitrogen and oxygen atoms in total. The van der Waals surface area contributed by atoms with E-state index in [4.69, 9.17) is 11.6 Å². The maximum Gasteiger partial charge on any atom is 0.252 e. The highest BCUT2D eigenvalue weighted by atomic mass is 35.5. The molecule has 0 saturated heterocycles.